The normalized spacial score (nSPS) is 11.4. The average Bonchev–Trinajstić information content (AvgIpc) is 3.73. The number of hydrogen-bond acceptors (Lipinski definition) is 9. The van der Waals surface area contributed by atoms with Crippen molar-refractivity contribution in [3.05, 3.63) is 77.2 Å². The first-order valence-corrected chi connectivity index (χ1v) is 14.1. The van der Waals surface area contributed by atoms with Gasteiger partial charge in [-0.25, -0.2) is 4.98 Å². The number of pyridine rings is 1. The van der Waals surface area contributed by atoms with E-state index < -0.39 is 0 Å². The molecule has 0 bridgehead atoms. The zero-order valence-electron chi connectivity index (χ0n) is 17.9. The van der Waals surface area contributed by atoms with Crippen LogP contribution in [0.2, 0.25) is 0 Å². The van der Waals surface area contributed by atoms with E-state index in [1.165, 1.54) is 21.3 Å². The first kappa shape index (κ1) is 20.8. The van der Waals surface area contributed by atoms with E-state index in [4.69, 9.17) is 4.98 Å². The number of rotatable bonds is 5. The van der Waals surface area contributed by atoms with Gasteiger partial charge in [0.15, 0.2) is 0 Å². The van der Waals surface area contributed by atoms with E-state index in [9.17, 15) is 0 Å². The Bertz CT molecular complexity index is 1720. The lowest BCUT2D eigenvalue weighted by molar-refractivity contribution is 1.09. The largest absolute Gasteiger partial charge is 0.278 e. The molecule has 10 heteroatoms. The van der Waals surface area contributed by atoms with E-state index in [1.54, 1.807) is 40.2 Å². The van der Waals surface area contributed by atoms with Crippen LogP contribution in [0.5, 0.6) is 0 Å². The Morgan fingerprint density at radius 1 is 0.800 bits per heavy atom. The Kier molecular flexibility index (Phi) is 5.09. The summed E-state index contributed by atoms with van der Waals surface area (Å²) in [6, 6.07) is 14.6. The zero-order chi connectivity index (χ0) is 23.2. The lowest BCUT2D eigenvalue weighted by Crippen LogP contribution is -1.94. The Morgan fingerprint density at radius 2 is 1.80 bits per heavy atom. The lowest BCUT2D eigenvalue weighted by Gasteiger charge is -2.14. The number of nitrogens with one attached hydrogen (secondary N) is 1. The van der Waals surface area contributed by atoms with E-state index in [2.05, 4.69) is 54.4 Å². The molecule has 6 nitrogen and oxygen atoms in total. The minimum absolute atomic E-state index is 0.829. The summed E-state index contributed by atoms with van der Waals surface area (Å²) < 4.78 is 5.38. The summed E-state index contributed by atoms with van der Waals surface area (Å²) in [6.45, 7) is 0. The van der Waals surface area contributed by atoms with Crippen LogP contribution in [0, 0.1) is 0 Å². The fraction of sp³-hybridized carbons (Fsp3) is 0. The summed E-state index contributed by atoms with van der Waals surface area (Å²) >= 11 is 6.49. The minimum atomic E-state index is 0.829. The second-order valence-corrected chi connectivity index (χ2v) is 11.1. The van der Waals surface area contributed by atoms with Crippen molar-refractivity contribution >= 4 is 55.6 Å². The van der Waals surface area contributed by atoms with Gasteiger partial charge in [0.2, 0.25) is 0 Å². The van der Waals surface area contributed by atoms with Crippen LogP contribution in [0.4, 0.5) is 0 Å². The van der Waals surface area contributed by atoms with Crippen LogP contribution < -0.4 is 0 Å². The molecule has 35 heavy (non-hydrogen) atoms. The molecule has 0 aliphatic rings. The molecule has 0 spiro atoms. The maximum Gasteiger partial charge on any atom is 0.124 e. The number of aromatic amines is 1. The van der Waals surface area contributed by atoms with Crippen molar-refractivity contribution < 1.29 is 0 Å². The molecule has 0 atom stereocenters. The molecule has 0 saturated heterocycles. The van der Waals surface area contributed by atoms with E-state index in [0.717, 1.165) is 54.4 Å². The van der Waals surface area contributed by atoms with Crippen LogP contribution in [-0.2, 0) is 0 Å². The van der Waals surface area contributed by atoms with Gasteiger partial charge >= 0.3 is 0 Å². The molecule has 7 aromatic rings. The first-order chi connectivity index (χ1) is 17.4. The van der Waals surface area contributed by atoms with Gasteiger partial charge in [-0.15, -0.1) is 39.1 Å². The molecule has 0 aliphatic heterocycles. The summed E-state index contributed by atoms with van der Waals surface area (Å²) in [6.07, 6.45) is 5.47. The Labute approximate surface area is 215 Å². The molecule has 0 radical (unpaired) electrons. The summed E-state index contributed by atoms with van der Waals surface area (Å²) in [4.78, 5) is 11.9. The molecule has 0 fully saturated rings. The smallest absolute Gasteiger partial charge is 0.124 e. The standard InChI is InChI=1S/C25H14N6S4/c1-2-7-26-15(4-1)22-23-19(35-24(22)18-5-3-10-32-18)12-14(25-27-9-11-33-25)20(16-6-8-28-29-16)21(23)17-13-34-31-30-17/h1-13H,(H,28,29). The van der Waals surface area contributed by atoms with Crippen LogP contribution in [0.3, 0.4) is 0 Å². The third kappa shape index (κ3) is 3.45. The zero-order valence-corrected chi connectivity index (χ0v) is 21.1. The molecule has 0 aliphatic carbocycles. The number of nitrogens with zero attached hydrogens (tertiary/aromatic N) is 5. The van der Waals surface area contributed by atoms with Gasteiger partial charge in [0, 0.05) is 66.6 Å². The second-order valence-electron chi connectivity index (χ2n) is 7.64. The highest BCUT2D eigenvalue weighted by atomic mass is 32.1. The summed E-state index contributed by atoms with van der Waals surface area (Å²) in [5.41, 5.74) is 6.88. The Balaban J connectivity index is 1.71. The van der Waals surface area contributed by atoms with Crippen molar-refractivity contribution in [2.24, 2.45) is 0 Å². The predicted molar refractivity (Wildman–Crippen MR) is 146 cm³/mol. The molecule has 0 amide bonds. The van der Waals surface area contributed by atoms with E-state index in [1.807, 2.05) is 41.4 Å². The van der Waals surface area contributed by atoms with Crippen LogP contribution >= 0.6 is 45.5 Å². The average molecular weight is 527 g/mol. The summed E-state index contributed by atoms with van der Waals surface area (Å²) in [5, 5.41) is 20.2. The number of benzene rings is 1. The molecular formula is C25H14N6S4. The van der Waals surface area contributed by atoms with Crippen LogP contribution in [0.15, 0.2) is 77.2 Å². The van der Waals surface area contributed by atoms with Gasteiger partial charge in [0.25, 0.3) is 0 Å². The van der Waals surface area contributed by atoms with Gasteiger partial charge < -0.3 is 0 Å². The number of thiophene rings is 2. The molecule has 0 unspecified atom stereocenters. The van der Waals surface area contributed by atoms with Crippen molar-refractivity contribution in [1.82, 2.24) is 29.8 Å². The third-order valence-electron chi connectivity index (χ3n) is 5.70. The van der Waals surface area contributed by atoms with E-state index in [0.29, 0.717) is 0 Å². The minimum Gasteiger partial charge on any atom is -0.278 e. The van der Waals surface area contributed by atoms with Crippen molar-refractivity contribution in [3.8, 4) is 54.1 Å². The molecule has 6 aromatic heterocycles. The van der Waals surface area contributed by atoms with Crippen molar-refractivity contribution in [2.75, 3.05) is 0 Å². The Morgan fingerprint density at radius 3 is 2.51 bits per heavy atom. The van der Waals surface area contributed by atoms with Crippen molar-refractivity contribution in [3.63, 3.8) is 0 Å². The first-order valence-electron chi connectivity index (χ1n) is 10.6. The third-order valence-corrected chi connectivity index (χ3v) is 9.19. The van der Waals surface area contributed by atoms with Gasteiger partial charge in [-0.3, -0.25) is 10.1 Å². The highest BCUT2D eigenvalue weighted by Crippen LogP contribution is 2.53. The number of fused-ring (bicyclic) bond motifs is 1. The van der Waals surface area contributed by atoms with Crippen molar-refractivity contribution in [2.45, 2.75) is 0 Å². The van der Waals surface area contributed by atoms with Gasteiger partial charge in [0.1, 0.15) is 10.7 Å². The monoisotopic (exact) mass is 526 g/mol. The van der Waals surface area contributed by atoms with Crippen LogP contribution in [0.25, 0.3) is 64.2 Å². The van der Waals surface area contributed by atoms with E-state index in [-0.39, 0.29) is 0 Å². The predicted octanol–water partition coefficient (Wildman–Crippen LogP) is 7.72. The second kappa shape index (κ2) is 8.58. The SMILES string of the molecule is c1ccc(-c2c(-c3cccs3)sc3cc(-c4nccs4)c(-c4ccn[nH]4)c(-c4csnn4)c23)nc1. The number of aromatic nitrogens is 6. The molecule has 0 saturated carbocycles. The quantitative estimate of drug-likeness (QED) is 0.248. The van der Waals surface area contributed by atoms with E-state index >= 15 is 0 Å². The number of H-pyrrole nitrogens is 1. The van der Waals surface area contributed by atoms with Gasteiger partial charge in [-0.05, 0) is 47.2 Å². The fourth-order valence-corrected chi connectivity index (χ4v) is 7.55. The topological polar surface area (TPSA) is 80.2 Å². The summed E-state index contributed by atoms with van der Waals surface area (Å²) in [7, 11) is 0. The highest BCUT2D eigenvalue weighted by Gasteiger charge is 2.27. The van der Waals surface area contributed by atoms with Gasteiger partial charge in [-0.2, -0.15) is 5.10 Å². The highest BCUT2D eigenvalue weighted by molar-refractivity contribution is 7.26. The van der Waals surface area contributed by atoms with Crippen LogP contribution in [-0.4, -0.2) is 29.8 Å². The van der Waals surface area contributed by atoms with Gasteiger partial charge in [-0.1, -0.05) is 16.6 Å². The molecular weight excluding hydrogens is 513 g/mol. The molecule has 168 valence electrons. The molecule has 1 N–H and O–H groups in total. The Hall–Kier alpha value is -3.57. The molecule has 1 aromatic carbocycles. The van der Waals surface area contributed by atoms with Crippen LogP contribution in [0.1, 0.15) is 0 Å². The molecule has 6 heterocycles. The number of thiazole rings is 1. The molecule has 7 rings (SSSR count). The van der Waals surface area contributed by atoms with Gasteiger partial charge in [0.05, 0.1) is 16.3 Å². The maximum atomic E-state index is 4.78. The lowest BCUT2D eigenvalue weighted by atomic mass is 9.90. The fourth-order valence-electron chi connectivity index (χ4n) is 4.33. The number of hydrogen-bond donors (Lipinski definition) is 1. The maximum absolute atomic E-state index is 4.78. The summed E-state index contributed by atoms with van der Waals surface area (Å²) in [5.74, 6) is 0. The van der Waals surface area contributed by atoms with Crippen molar-refractivity contribution in [1.29, 1.82) is 0 Å².